The zero-order chi connectivity index (χ0) is 47.2. The summed E-state index contributed by atoms with van der Waals surface area (Å²) >= 11 is 0. The molecule has 7 aliphatic heterocycles. The second-order valence-electron chi connectivity index (χ2n) is 20.4. The number of likely N-dealkylation sites (tertiary alicyclic amines) is 3. The minimum Gasteiger partial charge on any atom is -0.457 e. The molecule has 2 atom stereocenters. The van der Waals surface area contributed by atoms with Gasteiger partial charge in [0.2, 0.25) is 11.8 Å². The number of imide groups is 1. The Hall–Kier alpha value is -6.42. The number of hydrogen-bond donors (Lipinski definition) is 3. The number of ether oxygens (including phenoxy) is 1. The minimum absolute atomic E-state index is 0.136. The fourth-order valence-corrected chi connectivity index (χ4v) is 12.7. The molecule has 16 heteroatoms. The molecule has 69 heavy (non-hydrogen) atoms. The minimum atomic E-state index is -0.605. The molecule has 0 radical (unpaired) electrons. The first-order chi connectivity index (χ1) is 33.6. The van der Waals surface area contributed by atoms with Crippen molar-refractivity contribution >= 4 is 41.2 Å². The maximum Gasteiger partial charge on any atom is 0.319 e. The van der Waals surface area contributed by atoms with Crippen LogP contribution in [0.15, 0.2) is 72.8 Å². The number of carbonyl (C=O) groups is 5. The predicted molar refractivity (Wildman–Crippen MR) is 261 cm³/mol. The number of benzene rings is 3. The third-order valence-corrected chi connectivity index (χ3v) is 16.6. The molecule has 5 saturated heterocycles. The molecule has 0 bridgehead atoms. The molecule has 11 rings (SSSR count). The quantitative estimate of drug-likeness (QED) is 0.157. The highest BCUT2D eigenvalue weighted by atomic mass is 16.5. The zero-order valence-corrected chi connectivity index (χ0v) is 39.4. The molecule has 0 aliphatic carbocycles. The number of nitrogens with one attached hydrogen (secondary N) is 2. The van der Waals surface area contributed by atoms with Crippen molar-refractivity contribution in [3.8, 4) is 22.8 Å². The summed E-state index contributed by atoms with van der Waals surface area (Å²) in [6.07, 6.45) is 10.0. The van der Waals surface area contributed by atoms with Crippen molar-refractivity contribution in [1.29, 1.82) is 0 Å². The van der Waals surface area contributed by atoms with Gasteiger partial charge in [0.1, 0.15) is 34.6 Å². The fraction of sp³-hybridized carbons (Fsp3) is 0.509. The summed E-state index contributed by atoms with van der Waals surface area (Å²) in [4.78, 5) is 75.1. The molecule has 16 nitrogen and oxygen atoms in total. The predicted octanol–water partition coefficient (Wildman–Crippen LogP) is 6.48. The average Bonchev–Trinajstić information content (AvgIpc) is 3.94. The maximum atomic E-state index is 13.8. The van der Waals surface area contributed by atoms with Gasteiger partial charge in [-0.1, -0.05) is 18.2 Å². The van der Waals surface area contributed by atoms with Crippen molar-refractivity contribution in [3.63, 3.8) is 0 Å². The van der Waals surface area contributed by atoms with Gasteiger partial charge >= 0.3 is 6.03 Å². The zero-order valence-electron chi connectivity index (χ0n) is 39.4. The number of primary amides is 1. The summed E-state index contributed by atoms with van der Waals surface area (Å²) in [5.41, 5.74) is 10.6. The van der Waals surface area contributed by atoms with Crippen LogP contribution in [0.2, 0.25) is 0 Å². The van der Waals surface area contributed by atoms with E-state index in [4.69, 9.17) is 15.6 Å². The Morgan fingerprint density at radius 1 is 0.696 bits per heavy atom. The van der Waals surface area contributed by atoms with Gasteiger partial charge in [-0.25, -0.2) is 9.48 Å². The van der Waals surface area contributed by atoms with Crippen LogP contribution in [0.5, 0.6) is 11.5 Å². The highest BCUT2D eigenvalue weighted by Crippen LogP contribution is 2.42. The molecular weight excluding hydrogens is 873 g/mol. The van der Waals surface area contributed by atoms with E-state index in [1.54, 1.807) is 4.90 Å². The number of para-hydroxylation sites is 1. The van der Waals surface area contributed by atoms with Gasteiger partial charge in [-0.3, -0.25) is 24.5 Å². The standard InChI is InChI=1S/C53H64N10O6/c54-49(65)47-48(37-6-9-42(10-7-37)69-41-4-2-1-3-5-41)57-63-44(14-23-55-50(47)63)36-19-26-58(27-20-36)39-21-30-61(31-22-39)53(68)60-28-17-35(18-29-60)34-15-24-59(25-16-34)40-8-11-43-38(32-40)33-62(52(43)67)45-12-13-46(64)56-51(45)66/h1-11,32,34-36,39,44-45,55H,12-31,33H2,(H2,54,65)(H,56,64,66)/t44-,45?/m0/s1. The van der Waals surface area contributed by atoms with Gasteiger partial charge in [-0.2, -0.15) is 5.10 Å². The number of urea groups is 1. The molecule has 362 valence electrons. The van der Waals surface area contributed by atoms with E-state index in [2.05, 4.69) is 36.3 Å². The lowest BCUT2D eigenvalue weighted by Crippen LogP contribution is -2.53. The molecule has 7 aliphatic rings. The van der Waals surface area contributed by atoms with Crippen molar-refractivity contribution in [2.24, 2.45) is 23.5 Å². The van der Waals surface area contributed by atoms with Crippen molar-refractivity contribution in [1.82, 2.24) is 34.7 Å². The highest BCUT2D eigenvalue weighted by molar-refractivity contribution is 6.06. The van der Waals surface area contributed by atoms with E-state index in [-0.39, 0.29) is 36.2 Å². The number of nitrogens with two attached hydrogens (primary N) is 1. The van der Waals surface area contributed by atoms with Gasteiger partial charge in [-0.05, 0) is 155 Å². The monoisotopic (exact) mass is 937 g/mol. The first-order valence-corrected chi connectivity index (χ1v) is 25.4. The van der Waals surface area contributed by atoms with Crippen LogP contribution in [-0.2, 0) is 16.1 Å². The lowest BCUT2D eigenvalue weighted by atomic mass is 9.78. The fourth-order valence-electron chi connectivity index (χ4n) is 12.7. The van der Waals surface area contributed by atoms with E-state index in [0.29, 0.717) is 59.3 Å². The smallest absolute Gasteiger partial charge is 0.319 e. The van der Waals surface area contributed by atoms with Gasteiger partial charge in [0.25, 0.3) is 11.8 Å². The molecule has 4 aromatic rings. The Balaban J connectivity index is 0.623. The van der Waals surface area contributed by atoms with E-state index in [9.17, 15) is 24.0 Å². The van der Waals surface area contributed by atoms with Crippen LogP contribution in [0.4, 0.5) is 16.3 Å². The van der Waals surface area contributed by atoms with E-state index in [1.807, 2.05) is 71.4 Å². The molecule has 1 unspecified atom stereocenters. The number of aromatic nitrogens is 2. The Morgan fingerprint density at radius 3 is 2.03 bits per heavy atom. The molecule has 1 aromatic heterocycles. The summed E-state index contributed by atoms with van der Waals surface area (Å²) < 4.78 is 8.05. The Morgan fingerprint density at radius 2 is 1.35 bits per heavy atom. The average molecular weight is 937 g/mol. The Bertz CT molecular complexity index is 2570. The third kappa shape index (κ3) is 9.03. The van der Waals surface area contributed by atoms with Gasteiger partial charge in [0, 0.05) is 81.6 Å². The Labute approximate surface area is 403 Å². The first-order valence-electron chi connectivity index (χ1n) is 25.4. The molecule has 5 fully saturated rings. The van der Waals surface area contributed by atoms with Gasteiger partial charge < -0.3 is 40.3 Å². The third-order valence-electron chi connectivity index (χ3n) is 16.6. The molecule has 0 saturated carbocycles. The number of fused-ring (bicyclic) bond motifs is 2. The number of rotatable bonds is 9. The topological polar surface area (TPSA) is 179 Å². The number of anilines is 2. The van der Waals surface area contributed by atoms with Gasteiger partial charge in [-0.15, -0.1) is 0 Å². The van der Waals surface area contributed by atoms with Crippen molar-refractivity contribution in [2.45, 2.75) is 95.3 Å². The number of piperidine rings is 5. The second kappa shape index (κ2) is 19.2. The molecular formula is C53H64N10O6. The maximum absolute atomic E-state index is 13.8. The molecule has 6 amide bonds. The normalized spacial score (nSPS) is 23.4. The van der Waals surface area contributed by atoms with Crippen LogP contribution >= 0.6 is 0 Å². The summed E-state index contributed by atoms with van der Waals surface area (Å²) in [6.45, 7) is 8.38. The summed E-state index contributed by atoms with van der Waals surface area (Å²) in [6, 6.07) is 23.6. The number of hydrogen-bond acceptors (Lipinski definition) is 10. The number of amides is 6. The van der Waals surface area contributed by atoms with E-state index < -0.39 is 11.9 Å². The van der Waals surface area contributed by atoms with Crippen LogP contribution < -0.4 is 26.0 Å². The number of nitrogens with zero attached hydrogens (tertiary/aromatic N) is 7. The van der Waals surface area contributed by atoms with Crippen molar-refractivity contribution in [3.05, 3.63) is 89.5 Å². The van der Waals surface area contributed by atoms with Crippen molar-refractivity contribution < 1.29 is 28.7 Å². The van der Waals surface area contributed by atoms with Crippen LogP contribution in [0.3, 0.4) is 0 Å². The van der Waals surface area contributed by atoms with Crippen LogP contribution in [0.25, 0.3) is 11.3 Å². The van der Waals surface area contributed by atoms with Crippen LogP contribution in [0.1, 0.15) is 103 Å². The molecule has 3 aromatic carbocycles. The second-order valence-corrected chi connectivity index (χ2v) is 20.4. The highest BCUT2D eigenvalue weighted by Gasteiger charge is 2.41. The van der Waals surface area contributed by atoms with Gasteiger partial charge in [0.15, 0.2) is 0 Å². The van der Waals surface area contributed by atoms with Crippen LogP contribution in [-0.4, -0.2) is 130 Å². The van der Waals surface area contributed by atoms with E-state index in [0.717, 1.165) is 145 Å². The lowest BCUT2D eigenvalue weighted by molar-refractivity contribution is -0.136. The summed E-state index contributed by atoms with van der Waals surface area (Å²) in [5.74, 6) is 2.61. The van der Waals surface area contributed by atoms with Gasteiger partial charge in [0.05, 0.1) is 6.04 Å². The summed E-state index contributed by atoms with van der Waals surface area (Å²) in [5, 5.41) is 10.9. The largest absolute Gasteiger partial charge is 0.457 e. The molecule has 8 heterocycles. The Kier molecular flexibility index (Phi) is 12.5. The summed E-state index contributed by atoms with van der Waals surface area (Å²) in [7, 11) is 0. The first kappa shape index (κ1) is 45.0. The molecule has 0 spiro atoms. The molecule has 4 N–H and O–H groups in total. The van der Waals surface area contributed by atoms with Crippen LogP contribution in [0, 0.1) is 17.8 Å². The van der Waals surface area contributed by atoms with E-state index >= 15 is 0 Å². The lowest BCUT2D eigenvalue weighted by Gasteiger charge is -2.45. The SMILES string of the molecule is NC(=O)c1c(-c2ccc(Oc3ccccc3)cc2)nn2c1NCC[C@H]2C1CCN(C2CCN(C(=O)N3CCC(C4CCN(c5ccc6c(c5)CN(C5CCC(=O)NC5=O)C6=O)CC4)CC3)CC2)CC1. The van der Waals surface area contributed by atoms with Crippen molar-refractivity contribution in [2.75, 3.05) is 69.1 Å². The van der Waals surface area contributed by atoms with E-state index in [1.165, 1.54) is 0 Å². The number of carbonyl (C=O) groups excluding carboxylic acids is 5.